The number of fused-ring (bicyclic) bond motifs is 6. The molecule has 0 spiro atoms. The van der Waals surface area contributed by atoms with E-state index < -0.39 is 0 Å². The quantitative estimate of drug-likeness (QED) is 0.177. The minimum atomic E-state index is 1.24. The van der Waals surface area contributed by atoms with Gasteiger partial charge in [0.05, 0.1) is 0 Å². The maximum absolute atomic E-state index is 2.38. The van der Waals surface area contributed by atoms with Crippen molar-refractivity contribution in [3.05, 3.63) is 194 Å². The van der Waals surface area contributed by atoms with E-state index >= 15 is 0 Å². The summed E-state index contributed by atoms with van der Waals surface area (Å²) in [4.78, 5) is 0. The van der Waals surface area contributed by atoms with E-state index in [0.717, 1.165) is 0 Å². The molecule has 0 saturated carbocycles. The number of benzene rings is 10. The van der Waals surface area contributed by atoms with E-state index in [-0.39, 0.29) is 0 Å². The van der Waals surface area contributed by atoms with Gasteiger partial charge in [0, 0.05) is 0 Å². The lowest BCUT2D eigenvalue weighted by molar-refractivity contribution is 1.62. The summed E-state index contributed by atoms with van der Waals surface area (Å²) in [6.45, 7) is 0. The van der Waals surface area contributed by atoms with E-state index in [4.69, 9.17) is 0 Å². The molecule has 1 aliphatic rings. The summed E-state index contributed by atoms with van der Waals surface area (Å²) in [6.07, 6.45) is 0. The third-order valence-corrected chi connectivity index (χ3v) is 11.2. The van der Waals surface area contributed by atoms with E-state index in [2.05, 4.69) is 194 Å². The first kappa shape index (κ1) is 29.0. The Balaban J connectivity index is 1.12. The molecule has 0 unspecified atom stereocenters. The molecule has 0 nitrogen and oxygen atoms in total. The van der Waals surface area contributed by atoms with Gasteiger partial charge >= 0.3 is 0 Å². The molecule has 0 heteroatoms. The lowest BCUT2D eigenvalue weighted by atomic mass is 9.82. The lowest BCUT2D eigenvalue weighted by Crippen LogP contribution is -1.93. The minimum absolute atomic E-state index is 1.24. The van der Waals surface area contributed by atoms with Gasteiger partial charge in [-0.3, -0.25) is 0 Å². The highest BCUT2D eigenvalue weighted by atomic mass is 14.3. The predicted octanol–water partition coefficient (Wildman–Crippen LogP) is 14.6. The molecule has 10 aromatic carbocycles. The van der Waals surface area contributed by atoms with Gasteiger partial charge in [-0.15, -0.1) is 0 Å². The van der Waals surface area contributed by atoms with Crippen LogP contribution in [-0.2, 0) is 0 Å². The molecule has 0 radical (unpaired) electrons. The van der Waals surface area contributed by atoms with Crippen LogP contribution >= 0.6 is 0 Å². The minimum Gasteiger partial charge on any atom is -0.0622 e. The molecule has 52 heavy (non-hydrogen) atoms. The van der Waals surface area contributed by atoms with Crippen molar-refractivity contribution < 1.29 is 0 Å². The summed E-state index contributed by atoms with van der Waals surface area (Å²) >= 11 is 0. The molecule has 0 atom stereocenters. The Morgan fingerprint density at radius 2 is 0.654 bits per heavy atom. The van der Waals surface area contributed by atoms with Crippen LogP contribution in [0.2, 0.25) is 0 Å². The molecule has 0 bridgehead atoms. The molecule has 0 N–H and O–H groups in total. The van der Waals surface area contributed by atoms with Crippen molar-refractivity contribution in [1.82, 2.24) is 0 Å². The maximum Gasteiger partial charge on any atom is -0.000741 e. The third-order valence-electron chi connectivity index (χ3n) is 11.2. The zero-order valence-corrected chi connectivity index (χ0v) is 28.5. The van der Waals surface area contributed by atoms with Crippen molar-refractivity contribution in [2.45, 2.75) is 0 Å². The smallest absolute Gasteiger partial charge is 0.000741 e. The average molecular weight is 657 g/mol. The van der Waals surface area contributed by atoms with Crippen LogP contribution in [0.25, 0.3) is 110 Å². The van der Waals surface area contributed by atoms with Crippen molar-refractivity contribution >= 4 is 43.1 Å². The molecule has 1 aliphatic carbocycles. The van der Waals surface area contributed by atoms with Gasteiger partial charge < -0.3 is 0 Å². The summed E-state index contributed by atoms with van der Waals surface area (Å²) in [7, 11) is 0. The van der Waals surface area contributed by atoms with Crippen molar-refractivity contribution in [1.29, 1.82) is 0 Å². The normalized spacial score (nSPS) is 11.8. The Labute approximate surface area is 302 Å². The lowest BCUT2D eigenvalue weighted by Gasteiger charge is -2.20. The second kappa shape index (κ2) is 11.4. The third kappa shape index (κ3) is 4.35. The number of hydrogen-bond donors (Lipinski definition) is 0. The molecule has 0 heterocycles. The van der Waals surface area contributed by atoms with E-state index in [1.165, 1.54) is 110 Å². The van der Waals surface area contributed by atoms with Gasteiger partial charge in [-0.25, -0.2) is 0 Å². The fraction of sp³-hybridized carbons (Fsp3) is 0. The first-order valence-corrected chi connectivity index (χ1v) is 18.1. The van der Waals surface area contributed by atoms with Gasteiger partial charge in [-0.2, -0.15) is 0 Å². The highest BCUT2D eigenvalue weighted by Crippen LogP contribution is 2.58. The Bertz CT molecular complexity index is 2950. The largest absolute Gasteiger partial charge is 0.0622 e. The van der Waals surface area contributed by atoms with Crippen LogP contribution in [0.1, 0.15) is 0 Å². The van der Waals surface area contributed by atoms with Crippen LogP contribution in [0.5, 0.6) is 0 Å². The molecule has 0 aromatic heterocycles. The van der Waals surface area contributed by atoms with E-state index in [1.54, 1.807) is 0 Å². The average Bonchev–Trinajstić information content (AvgIpc) is 3.54. The standard InChI is InChI=1S/C52H32/c1-3-13-34(14-4-1)48-44-18-9-10-19-45(44)49(35-15-5-2-6-16-35)52-47-29-28-42(43-20-11-21-46(50(43)47)51(48)52)41-27-26-39-31-38(24-25-40(39)32-41)37-23-22-33-12-7-8-17-36(33)30-37/h1-32H. The second-order valence-electron chi connectivity index (χ2n) is 14.0. The van der Waals surface area contributed by atoms with Crippen LogP contribution in [-0.4, -0.2) is 0 Å². The fourth-order valence-electron chi connectivity index (χ4n) is 8.82. The van der Waals surface area contributed by atoms with Gasteiger partial charge in [0.2, 0.25) is 0 Å². The van der Waals surface area contributed by atoms with Gasteiger partial charge in [0.25, 0.3) is 0 Å². The Morgan fingerprint density at radius 3 is 1.29 bits per heavy atom. The maximum atomic E-state index is 2.38. The molecule has 0 aliphatic heterocycles. The van der Waals surface area contributed by atoms with Crippen LogP contribution in [0.3, 0.4) is 0 Å². The predicted molar refractivity (Wildman–Crippen MR) is 223 cm³/mol. The van der Waals surface area contributed by atoms with Crippen molar-refractivity contribution in [2.75, 3.05) is 0 Å². The van der Waals surface area contributed by atoms with E-state index in [0.29, 0.717) is 0 Å². The van der Waals surface area contributed by atoms with Crippen LogP contribution < -0.4 is 0 Å². The summed E-state index contributed by atoms with van der Waals surface area (Å²) in [5.41, 5.74) is 15.4. The van der Waals surface area contributed by atoms with E-state index in [9.17, 15) is 0 Å². The molecule has 0 fully saturated rings. The Kier molecular flexibility index (Phi) is 6.35. The van der Waals surface area contributed by atoms with Gasteiger partial charge in [0.15, 0.2) is 0 Å². The molecule has 11 rings (SSSR count). The first-order chi connectivity index (χ1) is 25.8. The second-order valence-corrected chi connectivity index (χ2v) is 14.0. The van der Waals surface area contributed by atoms with Crippen LogP contribution in [0, 0.1) is 0 Å². The summed E-state index contributed by atoms with van der Waals surface area (Å²) in [5.74, 6) is 0. The summed E-state index contributed by atoms with van der Waals surface area (Å²) in [5, 5.41) is 10.2. The van der Waals surface area contributed by atoms with E-state index in [1.807, 2.05) is 0 Å². The molecule has 0 saturated heterocycles. The highest BCUT2D eigenvalue weighted by Gasteiger charge is 2.31. The number of rotatable bonds is 4. The van der Waals surface area contributed by atoms with Gasteiger partial charge in [-0.1, -0.05) is 176 Å². The van der Waals surface area contributed by atoms with Gasteiger partial charge in [0.1, 0.15) is 0 Å². The zero-order valence-electron chi connectivity index (χ0n) is 28.5. The fourth-order valence-corrected chi connectivity index (χ4v) is 8.82. The van der Waals surface area contributed by atoms with Crippen LogP contribution in [0.4, 0.5) is 0 Å². The molecule has 0 amide bonds. The van der Waals surface area contributed by atoms with Gasteiger partial charge in [-0.05, 0) is 128 Å². The molecule has 240 valence electrons. The Morgan fingerprint density at radius 1 is 0.212 bits per heavy atom. The monoisotopic (exact) mass is 656 g/mol. The molecule has 10 aromatic rings. The SMILES string of the molecule is c1ccc(-c2c3c(c(-c4ccccc4)c4ccccc24)-c2ccc(-c4ccc5cc(-c6ccc7ccccc7c6)ccc5c4)c4cccc-3c24)cc1. The molecular weight excluding hydrogens is 625 g/mol. The summed E-state index contributed by atoms with van der Waals surface area (Å²) in [6, 6.07) is 71.7. The number of hydrogen-bond acceptors (Lipinski definition) is 0. The zero-order chi connectivity index (χ0) is 34.2. The Hall–Kier alpha value is -6.76. The molecular formula is C52H32. The highest BCUT2D eigenvalue weighted by molar-refractivity contribution is 6.28. The first-order valence-electron chi connectivity index (χ1n) is 18.1. The van der Waals surface area contributed by atoms with Crippen LogP contribution in [0.15, 0.2) is 194 Å². The van der Waals surface area contributed by atoms with Crippen molar-refractivity contribution in [2.24, 2.45) is 0 Å². The topological polar surface area (TPSA) is 0 Å². The summed E-state index contributed by atoms with van der Waals surface area (Å²) < 4.78 is 0. The van der Waals surface area contributed by atoms with Crippen molar-refractivity contribution in [3.8, 4) is 66.8 Å². The van der Waals surface area contributed by atoms with Crippen molar-refractivity contribution in [3.63, 3.8) is 0 Å².